The molecule has 1 amide bonds. The molecule has 6 heteroatoms. The molecular formula is C22H22N2O4. The number of Topliss-reactive ketones (excluding diaryl/α,β-unsaturated/α-hetero) is 1. The number of aryl methyl sites for hydroxylation is 1. The Hall–Kier alpha value is -3.54. The maximum absolute atomic E-state index is 13.1. The summed E-state index contributed by atoms with van der Waals surface area (Å²) in [6.45, 7) is 4.30. The van der Waals surface area contributed by atoms with Crippen LogP contribution in [0.3, 0.4) is 0 Å². The molecule has 3 rings (SSSR count). The zero-order chi connectivity index (χ0) is 19.9. The van der Waals surface area contributed by atoms with Crippen LogP contribution >= 0.6 is 0 Å². The summed E-state index contributed by atoms with van der Waals surface area (Å²) in [5, 5.41) is 5.79. The molecule has 1 aromatic heterocycles. The normalized spacial score (nSPS) is 11.5. The van der Waals surface area contributed by atoms with Crippen LogP contribution in [0.25, 0.3) is 0 Å². The van der Waals surface area contributed by atoms with Gasteiger partial charge < -0.3 is 19.8 Å². The molecule has 0 aliphatic carbocycles. The molecule has 2 N–H and O–H groups in total. The Labute approximate surface area is 163 Å². The number of benzene rings is 2. The molecule has 0 spiro atoms. The minimum Gasteiger partial charge on any atom is -0.492 e. The summed E-state index contributed by atoms with van der Waals surface area (Å²) in [7, 11) is 0. The van der Waals surface area contributed by atoms with Gasteiger partial charge in [-0.1, -0.05) is 42.0 Å². The van der Waals surface area contributed by atoms with Crippen LogP contribution in [0.2, 0.25) is 0 Å². The molecule has 144 valence electrons. The number of rotatable bonds is 8. The second-order valence-corrected chi connectivity index (χ2v) is 6.19. The van der Waals surface area contributed by atoms with Crippen LogP contribution in [0, 0.1) is 6.92 Å². The molecule has 0 bridgehead atoms. The third-order valence-corrected chi connectivity index (χ3v) is 4.11. The van der Waals surface area contributed by atoms with Gasteiger partial charge in [0.25, 0.3) is 5.91 Å². The van der Waals surface area contributed by atoms with Crippen molar-refractivity contribution in [1.29, 1.82) is 0 Å². The summed E-state index contributed by atoms with van der Waals surface area (Å²) >= 11 is 0. The fourth-order valence-corrected chi connectivity index (χ4v) is 2.68. The monoisotopic (exact) mass is 378 g/mol. The Bertz CT molecular complexity index is 933. The Morgan fingerprint density at radius 2 is 1.79 bits per heavy atom. The lowest BCUT2D eigenvalue weighted by Crippen LogP contribution is -2.46. The van der Waals surface area contributed by atoms with Crippen molar-refractivity contribution in [2.45, 2.75) is 20.0 Å². The summed E-state index contributed by atoms with van der Waals surface area (Å²) in [4.78, 5) is 25.6. The molecule has 28 heavy (non-hydrogen) atoms. The number of hydrogen-bond donors (Lipinski definition) is 2. The standard InChI is InChI=1S/C22H22N2O4/c1-3-27-18-8-5-4-7-17(18)23-21(24-22(26)19-9-6-14-28-19)20(25)16-12-10-15(2)11-13-16/h4-14,21,23H,3H2,1-2H3,(H,24,26). The topological polar surface area (TPSA) is 80.6 Å². The van der Waals surface area contributed by atoms with E-state index < -0.39 is 12.1 Å². The molecular weight excluding hydrogens is 356 g/mol. The Morgan fingerprint density at radius 1 is 1.04 bits per heavy atom. The van der Waals surface area contributed by atoms with E-state index in [0.29, 0.717) is 23.6 Å². The van der Waals surface area contributed by atoms with Crippen LogP contribution in [0.4, 0.5) is 5.69 Å². The second kappa shape index (κ2) is 8.90. The van der Waals surface area contributed by atoms with Gasteiger partial charge >= 0.3 is 0 Å². The van der Waals surface area contributed by atoms with Crippen LogP contribution in [0.5, 0.6) is 5.75 Å². The van der Waals surface area contributed by atoms with Gasteiger partial charge in [0, 0.05) is 5.56 Å². The molecule has 0 radical (unpaired) electrons. The van der Waals surface area contributed by atoms with Crippen molar-refractivity contribution in [3.05, 3.63) is 83.8 Å². The highest BCUT2D eigenvalue weighted by Gasteiger charge is 2.24. The van der Waals surface area contributed by atoms with E-state index in [1.165, 1.54) is 12.3 Å². The quantitative estimate of drug-likeness (QED) is 0.457. The van der Waals surface area contributed by atoms with Crippen LogP contribution < -0.4 is 15.4 Å². The van der Waals surface area contributed by atoms with E-state index in [2.05, 4.69) is 10.6 Å². The predicted octanol–water partition coefficient (Wildman–Crippen LogP) is 4.04. The molecule has 0 saturated heterocycles. The Morgan fingerprint density at radius 3 is 2.46 bits per heavy atom. The average molecular weight is 378 g/mol. The number of hydrogen-bond acceptors (Lipinski definition) is 5. The zero-order valence-corrected chi connectivity index (χ0v) is 15.8. The zero-order valence-electron chi connectivity index (χ0n) is 15.8. The number of para-hydroxylation sites is 2. The lowest BCUT2D eigenvalue weighted by Gasteiger charge is -2.21. The predicted molar refractivity (Wildman–Crippen MR) is 107 cm³/mol. The van der Waals surface area contributed by atoms with E-state index in [0.717, 1.165) is 5.56 Å². The van der Waals surface area contributed by atoms with Crippen molar-refractivity contribution in [1.82, 2.24) is 5.32 Å². The molecule has 2 aromatic carbocycles. The molecule has 1 heterocycles. The van der Waals surface area contributed by atoms with Gasteiger partial charge in [-0.3, -0.25) is 9.59 Å². The van der Waals surface area contributed by atoms with Gasteiger partial charge in [0.1, 0.15) is 5.75 Å². The van der Waals surface area contributed by atoms with Gasteiger partial charge in [-0.15, -0.1) is 0 Å². The van der Waals surface area contributed by atoms with Gasteiger partial charge in [0.15, 0.2) is 11.9 Å². The van der Waals surface area contributed by atoms with Gasteiger partial charge in [0.05, 0.1) is 18.6 Å². The van der Waals surface area contributed by atoms with Crippen molar-refractivity contribution in [3.8, 4) is 5.75 Å². The summed E-state index contributed by atoms with van der Waals surface area (Å²) in [6, 6.07) is 17.6. The molecule has 3 aromatic rings. The molecule has 1 atom stereocenters. The number of carbonyl (C=O) groups is 2. The first-order valence-electron chi connectivity index (χ1n) is 9.02. The number of furan rings is 1. The molecule has 0 saturated carbocycles. The maximum atomic E-state index is 13.1. The number of ether oxygens (including phenoxy) is 1. The van der Waals surface area contributed by atoms with E-state index in [4.69, 9.17) is 9.15 Å². The molecule has 0 aliphatic heterocycles. The highest BCUT2D eigenvalue weighted by molar-refractivity contribution is 6.05. The van der Waals surface area contributed by atoms with Crippen LogP contribution in [0.15, 0.2) is 71.3 Å². The average Bonchev–Trinajstić information content (AvgIpc) is 3.24. The molecule has 0 aliphatic rings. The van der Waals surface area contributed by atoms with Gasteiger partial charge in [-0.2, -0.15) is 0 Å². The number of amides is 1. The van der Waals surface area contributed by atoms with Crippen molar-refractivity contribution < 1.29 is 18.7 Å². The SMILES string of the molecule is CCOc1ccccc1NC(NC(=O)c1ccco1)C(=O)c1ccc(C)cc1. The van der Waals surface area contributed by atoms with E-state index in [1.54, 1.807) is 30.3 Å². The van der Waals surface area contributed by atoms with Crippen molar-refractivity contribution in [2.75, 3.05) is 11.9 Å². The van der Waals surface area contributed by atoms with Crippen LogP contribution in [-0.4, -0.2) is 24.5 Å². The lowest BCUT2D eigenvalue weighted by molar-refractivity contribution is 0.0852. The first kappa shape index (κ1) is 19.2. The first-order valence-corrected chi connectivity index (χ1v) is 9.02. The molecule has 6 nitrogen and oxygen atoms in total. The Balaban J connectivity index is 1.88. The fourth-order valence-electron chi connectivity index (χ4n) is 2.68. The first-order chi connectivity index (χ1) is 13.6. The van der Waals surface area contributed by atoms with Crippen molar-refractivity contribution >= 4 is 17.4 Å². The smallest absolute Gasteiger partial charge is 0.288 e. The van der Waals surface area contributed by atoms with Crippen LogP contribution in [0.1, 0.15) is 33.4 Å². The lowest BCUT2D eigenvalue weighted by atomic mass is 10.1. The van der Waals surface area contributed by atoms with E-state index >= 15 is 0 Å². The summed E-state index contributed by atoms with van der Waals surface area (Å²) in [5.41, 5.74) is 2.13. The van der Waals surface area contributed by atoms with E-state index in [9.17, 15) is 9.59 Å². The molecule has 1 unspecified atom stereocenters. The Kier molecular flexibility index (Phi) is 6.11. The maximum Gasteiger partial charge on any atom is 0.288 e. The van der Waals surface area contributed by atoms with Crippen molar-refractivity contribution in [3.63, 3.8) is 0 Å². The fraction of sp³-hybridized carbons (Fsp3) is 0.182. The second-order valence-electron chi connectivity index (χ2n) is 6.19. The van der Waals surface area contributed by atoms with Gasteiger partial charge in [-0.05, 0) is 38.1 Å². The third-order valence-electron chi connectivity index (χ3n) is 4.11. The highest BCUT2D eigenvalue weighted by Crippen LogP contribution is 2.25. The van der Waals surface area contributed by atoms with Gasteiger partial charge in [0.2, 0.25) is 5.78 Å². The van der Waals surface area contributed by atoms with Gasteiger partial charge in [-0.25, -0.2) is 0 Å². The number of carbonyl (C=O) groups excluding carboxylic acids is 2. The molecule has 0 fully saturated rings. The largest absolute Gasteiger partial charge is 0.492 e. The number of anilines is 1. The number of nitrogens with one attached hydrogen (secondary N) is 2. The van der Waals surface area contributed by atoms with Crippen LogP contribution in [-0.2, 0) is 0 Å². The van der Waals surface area contributed by atoms with E-state index in [1.807, 2.05) is 38.1 Å². The minimum absolute atomic E-state index is 0.126. The third kappa shape index (κ3) is 4.59. The van der Waals surface area contributed by atoms with Crippen molar-refractivity contribution in [2.24, 2.45) is 0 Å². The van der Waals surface area contributed by atoms with E-state index in [-0.39, 0.29) is 11.5 Å². The summed E-state index contributed by atoms with van der Waals surface area (Å²) in [5.74, 6) is -0.0383. The number of ketones is 1. The minimum atomic E-state index is -0.998. The highest BCUT2D eigenvalue weighted by atomic mass is 16.5. The summed E-state index contributed by atoms with van der Waals surface area (Å²) in [6.07, 6.45) is 0.408. The summed E-state index contributed by atoms with van der Waals surface area (Å²) < 4.78 is 10.7.